The molecule has 0 aliphatic heterocycles. The molecule has 0 unspecified atom stereocenters. The minimum absolute atomic E-state index is 0.581. The van der Waals surface area contributed by atoms with Crippen LogP contribution in [0.4, 0.5) is 5.82 Å². The molecule has 0 atom stereocenters. The molecule has 100 valence electrons. The van der Waals surface area contributed by atoms with Crippen LogP contribution >= 0.6 is 11.3 Å². The van der Waals surface area contributed by atoms with Crippen molar-refractivity contribution in [1.29, 1.82) is 0 Å². The maximum atomic E-state index is 5.56. The van der Waals surface area contributed by atoms with E-state index < -0.39 is 0 Å². The normalized spacial score (nSPS) is 10.5. The highest BCUT2D eigenvalue weighted by atomic mass is 32.1. The number of rotatable bonds is 3. The number of nitrogens with zero attached hydrogens (tertiary/aromatic N) is 3. The Morgan fingerprint density at radius 3 is 2.60 bits per heavy atom. The molecule has 3 aromatic rings. The van der Waals surface area contributed by atoms with Crippen molar-refractivity contribution in [3.63, 3.8) is 0 Å². The number of hydrogen-bond donors (Lipinski definition) is 2. The van der Waals surface area contributed by atoms with Gasteiger partial charge in [-0.25, -0.2) is 20.8 Å². The second-order valence-corrected chi connectivity index (χ2v) is 5.11. The Morgan fingerprint density at radius 2 is 1.95 bits per heavy atom. The molecule has 0 radical (unpaired) electrons. The van der Waals surface area contributed by atoms with E-state index in [1.807, 2.05) is 42.6 Å². The van der Waals surface area contributed by atoms with E-state index >= 15 is 0 Å². The lowest BCUT2D eigenvalue weighted by molar-refractivity contribution is 1.11. The zero-order chi connectivity index (χ0) is 13.9. The summed E-state index contributed by atoms with van der Waals surface area (Å²) in [5.74, 6) is 6.76. The lowest BCUT2D eigenvalue weighted by Gasteiger charge is -2.11. The van der Waals surface area contributed by atoms with Crippen LogP contribution in [0.5, 0.6) is 0 Å². The monoisotopic (exact) mass is 283 g/mol. The second kappa shape index (κ2) is 5.36. The van der Waals surface area contributed by atoms with Gasteiger partial charge < -0.3 is 5.43 Å². The fourth-order valence-electron chi connectivity index (χ4n) is 1.96. The van der Waals surface area contributed by atoms with Gasteiger partial charge in [0.2, 0.25) is 0 Å². The third-order valence-electron chi connectivity index (χ3n) is 2.95. The standard InChI is InChI=1S/C14H13N5S/c1-9-11(10-5-3-2-4-6-10)17-13(18-12(9)19-15)14-16-7-8-20-14/h2-8H,15H2,1H3,(H,17,18,19). The van der Waals surface area contributed by atoms with Crippen molar-refractivity contribution in [2.75, 3.05) is 5.43 Å². The fraction of sp³-hybridized carbons (Fsp3) is 0.0714. The Bertz CT molecular complexity index is 710. The first-order valence-electron chi connectivity index (χ1n) is 6.10. The number of nitrogen functional groups attached to an aromatic ring is 1. The highest BCUT2D eigenvalue weighted by Crippen LogP contribution is 2.29. The van der Waals surface area contributed by atoms with E-state index in [0.717, 1.165) is 21.8 Å². The van der Waals surface area contributed by atoms with Gasteiger partial charge in [-0.3, -0.25) is 0 Å². The first-order valence-corrected chi connectivity index (χ1v) is 6.98. The van der Waals surface area contributed by atoms with E-state index in [-0.39, 0.29) is 0 Å². The third-order valence-corrected chi connectivity index (χ3v) is 3.72. The van der Waals surface area contributed by atoms with Crippen molar-refractivity contribution < 1.29 is 0 Å². The number of hydrazine groups is 1. The molecule has 3 rings (SSSR count). The summed E-state index contributed by atoms with van der Waals surface area (Å²) in [6.45, 7) is 1.95. The predicted octanol–water partition coefficient (Wildman–Crippen LogP) is 2.86. The van der Waals surface area contributed by atoms with Gasteiger partial charge in [-0.2, -0.15) is 0 Å². The molecule has 3 N–H and O–H groups in total. The number of nitrogens with one attached hydrogen (secondary N) is 1. The summed E-state index contributed by atoms with van der Waals surface area (Å²) < 4.78 is 0. The smallest absolute Gasteiger partial charge is 0.191 e. The SMILES string of the molecule is Cc1c(NN)nc(-c2nccs2)nc1-c1ccccc1. The zero-order valence-corrected chi connectivity index (χ0v) is 11.7. The molecule has 0 spiro atoms. The number of anilines is 1. The number of hydrogen-bond acceptors (Lipinski definition) is 6. The van der Waals surface area contributed by atoms with Crippen molar-refractivity contribution in [3.8, 4) is 22.1 Å². The van der Waals surface area contributed by atoms with Crippen LogP contribution in [0.15, 0.2) is 41.9 Å². The highest BCUT2D eigenvalue weighted by molar-refractivity contribution is 7.13. The molecule has 2 heterocycles. The van der Waals surface area contributed by atoms with Gasteiger partial charge in [0, 0.05) is 22.7 Å². The quantitative estimate of drug-likeness (QED) is 0.571. The van der Waals surface area contributed by atoms with Crippen LogP contribution < -0.4 is 11.3 Å². The predicted molar refractivity (Wildman–Crippen MR) is 81.1 cm³/mol. The van der Waals surface area contributed by atoms with Crippen molar-refractivity contribution in [2.24, 2.45) is 5.84 Å². The van der Waals surface area contributed by atoms with Crippen LogP contribution in [0.3, 0.4) is 0 Å². The van der Waals surface area contributed by atoms with Crippen LogP contribution in [0.25, 0.3) is 22.1 Å². The molecular weight excluding hydrogens is 270 g/mol. The average molecular weight is 283 g/mol. The van der Waals surface area contributed by atoms with E-state index in [2.05, 4.69) is 20.4 Å². The van der Waals surface area contributed by atoms with E-state index in [0.29, 0.717) is 11.6 Å². The first kappa shape index (κ1) is 12.7. The molecule has 0 bridgehead atoms. The molecule has 2 aromatic heterocycles. The van der Waals surface area contributed by atoms with Crippen molar-refractivity contribution in [2.45, 2.75) is 6.92 Å². The van der Waals surface area contributed by atoms with E-state index in [4.69, 9.17) is 5.84 Å². The number of aromatic nitrogens is 3. The molecule has 20 heavy (non-hydrogen) atoms. The van der Waals surface area contributed by atoms with E-state index in [1.165, 1.54) is 11.3 Å². The minimum Gasteiger partial charge on any atom is -0.308 e. The van der Waals surface area contributed by atoms with Gasteiger partial charge in [-0.15, -0.1) is 11.3 Å². The highest BCUT2D eigenvalue weighted by Gasteiger charge is 2.14. The van der Waals surface area contributed by atoms with E-state index in [1.54, 1.807) is 6.20 Å². The Morgan fingerprint density at radius 1 is 1.15 bits per heavy atom. The van der Waals surface area contributed by atoms with Crippen molar-refractivity contribution >= 4 is 17.2 Å². The first-order chi connectivity index (χ1) is 9.79. The molecule has 5 nitrogen and oxygen atoms in total. The van der Waals surface area contributed by atoms with Crippen LogP contribution in [0.1, 0.15) is 5.56 Å². The summed E-state index contributed by atoms with van der Waals surface area (Å²) in [6, 6.07) is 9.97. The van der Waals surface area contributed by atoms with Crippen LogP contribution in [0.2, 0.25) is 0 Å². The van der Waals surface area contributed by atoms with Crippen molar-refractivity contribution in [1.82, 2.24) is 15.0 Å². The maximum absolute atomic E-state index is 5.56. The summed E-state index contributed by atoms with van der Waals surface area (Å²) in [5, 5.41) is 2.68. The number of benzene rings is 1. The fourth-order valence-corrected chi connectivity index (χ4v) is 2.53. The van der Waals surface area contributed by atoms with Crippen LogP contribution in [-0.4, -0.2) is 15.0 Å². The largest absolute Gasteiger partial charge is 0.308 e. The molecule has 0 saturated carbocycles. The Kier molecular flexibility index (Phi) is 3.41. The molecule has 1 aromatic carbocycles. The summed E-state index contributed by atoms with van der Waals surface area (Å²) in [4.78, 5) is 13.3. The minimum atomic E-state index is 0.581. The van der Waals surface area contributed by atoms with Gasteiger partial charge in [0.15, 0.2) is 10.8 Å². The van der Waals surface area contributed by atoms with Gasteiger partial charge in [0.1, 0.15) is 5.82 Å². The zero-order valence-electron chi connectivity index (χ0n) is 10.9. The molecule has 0 saturated heterocycles. The van der Waals surface area contributed by atoms with Gasteiger partial charge in [0.25, 0.3) is 0 Å². The molecule has 0 amide bonds. The average Bonchev–Trinajstić information content (AvgIpc) is 3.03. The Balaban J connectivity index is 2.21. The summed E-state index contributed by atoms with van der Waals surface area (Å²) in [5.41, 5.74) is 5.44. The lowest BCUT2D eigenvalue weighted by atomic mass is 10.1. The summed E-state index contributed by atoms with van der Waals surface area (Å²) in [7, 11) is 0. The molecule has 0 fully saturated rings. The topological polar surface area (TPSA) is 76.7 Å². The van der Waals surface area contributed by atoms with Gasteiger partial charge in [0.05, 0.1) is 5.69 Å². The summed E-state index contributed by atoms with van der Waals surface area (Å²) >= 11 is 1.50. The lowest BCUT2D eigenvalue weighted by Crippen LogP contribution is -2.12. The molecule has 0 aliphatic carbocycles. The van der Waals surface area contributed by atoms with Gasteiger partial charge in [-0.1, -0.05) is 30.3 Å². The maximum Gasteiger partial charge on any atom is 0.191 e. The number of thiazole rings is 1. The van der Waals surface area contributed by atoms with Crippen molar-refractivity contribution in [3.05, 3.63) is 47.5 Å². The second-order valence-electron chi connectivity index (χ2n) is 4.22. The van der Waals surface area contributed by atoms with Crippen LogP contribution in [0, 0.1) is 6.92 Å². The Labute approximate surface area is 120 Å². The Hall–Kier alpha value is -2.31. The molecule has 6 heteroatoms. The molecular formula is C14H13N5S. The van der Waals surface area contributed by atoms with Crippen LogP contribution in [-0.2, 0) is 0 Å². The molecule has 0 aliphatic rings. The van der Waals surface area contributed by atoms with Gasteiger partial charge in [-0.05, 0) is 6.92 Å². The third kappa shape index (κ3) is 2.26. The van der Waals surface area contributed by atoms with E-state index in [9.17, 15) is 0 Å². The summed E-state index contributed by atoms with van der Waals surface area (Å²) in [6.07, 6.45) is 1.74. The number of nitrogens with two attached hydrogens (primary N) is 1. The van der Waals surface area contributed by atoms with Gasteiger partial charge >= 0.3 is 0 Å².